The molecule has 0 N–H and O–H groups in total. The van der Waals surface area contributed by atoms with Crippen molar-refractivity contribution in [3.05, 3.63) is 28.7 Å². The van der Waals surface area contributed by atoms with E-state index in [-0.39, 0.29) is 11.6 Å². The van der Waals surface area contributed by atoms with E-state index in [0.29, 0.717) is 0 Å². The van der Waals surface area contributed by atoms with Crippen molar-refractivity contribution < 1.29 is 9.16 Å². The predicted octanol–water partition coefficient (Wildman–Crippen LogP) is 4.74. The summed E-state index contributed by atoms with van der Waals surface area (Å²) >= 11 is 3.37. The largest absolute Gasteiger partial charge is 0.490 e. The van der Waals surface area contributed by atoms with Crippen molar-refractivity contribution in [2.24, 2.45) is 0 Å². The minimum atomic E-state index is -1.95. The number of hydrogen-bond acceptors (Lipinski definition) is 3. The van der Waals surface area contributed by atoms with Crippen molar-refractivity contribution in [3.8, 4) is 11.8 Å². The second-order valence-electron chi connectivity index (χ2n) is 6.26. The molecule has 0 spiro atoms. The van der Waals surface area contributed by atoms with Gasteiger partial charge in [0.05, 0.1) is 6.07 Å². The number of rotatable bonds is 5. The van der Waals surface area contributed by atoms with Gasteiger partial charge >= 0.3 is 0 Å². The summed E-state index contributed by atoms with van der Waals surface area (Å²) in [4.78, 5) is 0. The van der Waals surface area contributed by atoms with Gasteiger partial charge < -0.3 is 9.16 Å². The summed E-state index contributed by atoms with van der Waals surface area (Å²) in [5.74, 6) is 0.743. The Balaban J connectivity index is 2.61. The van der Waals surface area contributed by atoms with E-state index >= 15 is 0 Å². The molecule has 1 aromatic carbocycles. The zero-order valence-corrected chi connectivity index (χ0v) is 15.3. The van der Waals surface area contributed by atoms with Crippen molar-refractivity contribution in [1.82, 2.24) is 0 Å². The molecule has 1 atom stereocenters. The molecule has 1 unspecified atom stereocenters. The van der Waals surface area contributed by atoms with Crippen LogP contribution >= 0.6 is 15.9 Å². The van der Waals surface area contributed by atoms with Crippen LogP contribution in [-0.2, 0) is 4.43 Å². The van der Waals surface area contributed by atoms with E-state index in [1.165, 1.54) is 0 Å². The third-order valence-corrected chi connectivity index (χ3v) is 8.62. The first-order valence-electron chi connectivity index (χ1n) is 6.61. The fraction of sp³-hybridized carbons (Fsp3) is 0.533. The highest BCUT2D eigenvalue weighted by Crippen LogP contribution is 2.37. The molecule has 0 heterocycles. The van der Waals surface area contributed by atoms with Crippen LogP contribution in [0.15, 0.2) is 28.7 Å². The molecule has 0 amide bonds. The van der Waals surface area contributed by atoms with Crippen molar-refractivity contribution in [2.45, 2.75) is 45.0 Å². The first-order chi connectivity index (χ1) is 9.15. The monoisotopic (exact) mass is 355 g/mol. The SMILES string of the molecule is CC(C)(C)[Si](C)(C)OC(C#N)COc1ccc(Br)cc1. The van der Waals surface area contributed by atoms with E-state index in [1.807, 2.05) is 24.3 Å². The van der Waals surface area contributed by atoms with E-state index in [4.69, 9.17) is 9.16 Å². The lowest BCUT2D eigenvalue weighted by molar-refractivity contribution is 0.155. The fourth-order valence-corrected chi connectivity index (χ4v) is 2.78. The standard InChI is InChI=1S/C15H22BrNO2Si/c1-15(2,3)20(4,5)19-14(10-17)11-18-13-8-6-12(16)7-9-13/h6-9,14H,11H2,1-5H3. The van der Waals surface area contributed by atoms with E-state index in [9.17, 15) is 5.26 Å². The van der Waals surface area contributed by atoms with Crippen LogP contribution in [0.1, 0.15) is 20.8 Å². The topological polar surface area (TPSA) is 42.2 Å². The molecule has 0 radical (unpaired) electrons. The highest BCUT2D eigenvalue weighted by molar-refractivity contribution is 9.10. The Morgan fingerprint density at radius 2 is 1.80 bits per heavy atom. The lowest BCUT2D eigenvalue weighted by Crippen LogP contribution is -2.45. The molecular weight excluding hydrogens is 334 g/mol. The molecule has 0 aromatic heterocycles. The van der Waals surface area contributed by atoms with E-state index in [0.717, 1.165) is 10.2 Å². The molecule has 110 valence electrons. The molecule has 1 aromatic rings. The first kappa shape index (κ1) is 17.2. The number of halogens is 1. The summed E-state index contributed by atoms with van der Waals surface area (Å²) in [6.07, 6.45) is -0.528. The zero-order chi connectivity index (χ0) is 15.4. The van der Waals surface area contributed by atoms with E-state index in [1.54, 1.807) is 0 Å². The molecule has 5 heteroatoms. The first-order valence-corrected chi connectivity index (χ1v) is 10.3. The molecule has 0 bridgehead atoms. The van der Waals surface area contributed by atoms with E-state index in [2.05, 4.69) is 55.9 Å². The zero-order valence-electron chi connectivity index (χ0n) is 12.7. The van der Waals surface area contributed by atoms with Crippen LogP contribution in [0.3, 0.4) is 0 Å². The molecule has 0 fully saturated rings. The summed E-state index contributed by atoms with van der Waals surface area (Å²) in [5, 5.41) is 9.32. The number of ether oxygens (including phenoxy) is 1. The molecule has 1 rings (SSSR count). The third kappa shape index (κ3) is 4.93. The van der Waals surface area contributed by atoms with Gasteiger partial charge in [-0.2, -0.15) is 5.26 Å². The van der Waals surface area contributed by atoms with Crippen molar-refractivity contribution >= 4 is 24.2 Å². The minimum Gasteiger partial charge on any atom is -0.490 e. The average Bonchev–Trinajstić information content (AvgIpc) is 2.35. The van der Waals surface area contributed by atoms with Gasteiger partial charge in [-0.15, -0.1) is 0 Å². The Kier molecular flexibility index (Phi) is 5.81. The number of hydrogen-bond donors (Lipinski definition) is 0. The Morgan fingerprint density at radius 1 is 1.25 bits per heavy atom. The number of nitriles is 1. The van der Waals surface area contributed by atoms with Crippen LogP contribution in [0.4, 0.5) is 0 Å². The molecule has 3 nitrogen and oxygen atoms in total. The third-order valence-electron chi connectivity index (χ3n) is 3.60. The van der Waals surface area contributed by atoms with Gasteiger partial charge in [-0.3, -0.25) is 0 Å². The van der Waals surface area contributed by atoms with Gasteiger partial charge in [-0.25, -0.2) is 0 Å². The van der Waals surface area contributed by atoms with Gasteiger partial charge in [0.15, 0.2) is 14.4 Å². The number of nitrogens with zero attached hydrogens (tertiary/aromatic N) is 1. The molecule has 0 saturated carbocycles. The Hall–Kier alpha value is -0.833. The highest BCUT2D eigenvalue weighted by atomic mass is 79.9. The number of benzene rings is 1. The van der Waals surface area contributed by atoms with Crippen LogP contribution < -0.4 is 4.74 Å². The highest BCUT2D eigenvalue weighted by Gasteiger charge is 2.39. The Bertz CT molecular complexity index is 474. The van der Waals surface area contributed by atoms with Crippen LogP contribution in [0, 0.1) is 11.3 Å². The van der Waals surface area contributed by atoms with Crippen molar-refractivity contribution in [1.29, 1.82) is 5.26 Å². The second kappa shape index (κ2) is 6.75. The van der Waals surface area contributed by atoms with E-state index < -0.39 is 14.4 Å². The smallest absolute Gasteiger partial charge is 0.194 e. The van der Waals surface area contributed by atoms with Gasteiger partial charge in [-0.05, 0) is 42.4 Å². The van der Waals surface area contributed by atoms with Gasteiger partial charge in [0.25, 0.3) is 0 Å². The summed E-state index contributed by atoms with van der Waals surface area (Å²) in [7, 11) is -1.95. The van der Waals surface area contributed by atoms with Crippen LogP contribution in [-0.4, -0.2) is 21.0 Å². The fourth-order valence-electron chi connectivity index (χ4n) is 1.33. The molecule has 0 aliphatic heterocycles. The molecule has 20 heavy (non-hydrogen) atoms. The maximum absolute atomic E-state index is 9.24. The molecule has 0 aliphatic rings. The Morgan fingerprint density at radius 3 is 2.25 bits per heavy atom. The lowest BCUT2D eigenvalue weighted by atomic mass is 10.2. The normalized spacial score (nSPS) is 13.7. The maximum Gasteiger partial charge on any atom is 0.194 e. The van der Waals surface area contributed by atoms with Crippen LogP contribution in [0.2, 0.25) is 18.1 Å². The summed E-state index contributed by atoms with van der Waals surface area (Å²) in [6.45, 7) is 11.0. The second-order valence-corrected chi connectivity index (χ2v) is 11.9. The maximum atomic E-state index is 9.24. The minimum absolute atomic E-state index is 0.0830. The predicted molar refractivity (Wildman–Crippen MR) is 87.3 cm³/mol. The summed E-state index contributed by atoms with van der Waals surface area (Å²) < 4.78 is 12.7. The molecular formula is C15H22BrNO2Si. The van der Waals surface area contributed by atoms with Gasteiger partial charge in [0, 0.05) is 4.47 Å². The lowest BCUT2D eigenvalue weighted by Gasteiger charge is -2.37. The van der Waals surface area contributed by atoms with Crippen LogP contribution in [0.5, 0.6) is 5.75 Å². The molecule has 0 saturated heterocycles. The Labute approximate surface area is 131 Å². The average molecular weight is 356 g/mol. The summed E-state index contributed by atoms with van der Waals surface area (Å²) in [5.41, 5.74) is 0. The van der Waals surface area contributed by atoms with Crippen molar-refractivity contribution in [2.75, 3.05) is 6.61 Å². The van der Waals surface area contributed by atoms with Crippen molar-refractivity contribution in [3.63, 3.8) is 0 Å². The quantitative estimate of drug-likeness (QED) is 0.716. The molecule has 0 aliphatic carbocycles. The summed E-state index contributed by atoms with van der Waals surface area (Å²) in [6, 6.07) is 9.74. The van der Waals surface area contributed by atoms with Crippen LogP contribution in [0.25, 0.3) is 0 Å². The van der Waals surface area contributed by atoms with Gasteiger partial charge in [-0.1, -0.05) is 36.7 Å². The van der Waals surface area contributed by atoms with Gasteiger partial charge in [0.1, 0.15) is 12.4 Å². The van der Waals surface area contributed by atoms with Gasteiger partial charge in [0.2, 0.25) is 0 Å².